The maximum atomic E-state index is 11.4. The molecule has 0 aromatic heterocycles. The molecule has 0 aliphatic rings. The number of carbonyl (C=O) groups excluding carboxylic acids is 1. The van der Waals surface area contributed by atoms with E-state index in [1.807, 2.05) is 20.8 Å². The van der Waals surface area contributed by atoms with Gasteiger partial charge in [-0.3, -0.25) is 0 Å². The molecule has 10 heteroatoms. The summed E-state index contributed by atoms with van der Waals surface area (Å²) in [6.07, 6.45) is 1.18. The fourth-order valence-electron chi connectivity index (χ4n) is 2.07. The Labute approximate surface area is 187 Å². The molecule has 0 radical (unpaired) electrons. The average molecular weight is 453 g/mol. The van der Waals surface area contributed by atoms with Gasteiger partial charge in [0.25, 0.3) is 0 Å². The number of carbonyl (C=O) groups is 1. The molecule has 186 valence electrons. The van der Waals surface area contributed by atoms with E-state index in [0.29, 0.717) is 92.4 Å². The van der Waals surface area contributed by atoms with Gasteiger partial charge in [-0.2, -0.15) is 0 Å². The summed E-state index contributed by atoms with van der Waals surface area (Å²) in [5.74, 6) is 0. The van der Waals surface area contributed by atoms with Gasteiger partial charge >= 0.3 is 6.09 Å². The Hall–Kier alpha value is -1.01. The van der Waals surface area contributed by atoms with Crippen LogP contribution in [0.1, 0.15) is 33.6 Å². The van der Waals surface area contributed by atoms with Crippen molar-refractivity contribution in [2.24, 2.45) is 5.73 Å². The Morgan fingerprint density at radius 1 is 0.645 bits per heavy atom. The summed E-state index contributed by atoms with van der Waals surface area (Å²) >= 11 is 0. The molecule has 0 heterocycles. The summed E-state index contributed by atoms with van der Waals surface area (Å²) in [5.41, 5.74) is 4.89. The Morgan fingerprint density at radius 3 is 1.35 bits per heavy atom. The highest BCUT2D eigenvalue weighted by Gasteiger charge is 2.15. The molecular formula is C21H44N2O8. The van der Waals surface area contributed by atoms with Crippen LogP contribution in [0.2, 0.25) is 0 Å². The van der Waals surface area contributed by atoms with Crippen LogP contribution in [-0.2, 0) is 33.2 Å². The summed E-state index contributed by atoms with van der Waals surface area (Å²) in [7, 11) is 0. The minimum atomic E-state index is -0.482. The van der Waals surface area contributed by atoms with Gasteiger partial charge in [0.1, 0.15) is 5.60 Å². The summed E-state index contributed by atoms with van der Waals surface area (Å²) in [6, 6.07) is 0. The molecule has 0 bridgehead atoms. The lowest BCUT2D eigenvalue weighted by molar-refractivity contribution is -0.0168. The van der Waals surface area contributed by atoms with Gasteiger partial charge in [-0.15, -0.1) is 0 Å². The fourth-order valence-corrected chi connectivity index (χ4v) is 2.07. The number of nitrogens with two attached hydrogens (primary N) is 1. The van der Waals surface area contributed by atoms with Gasteiger partial charge < -0.3 is 44.2 Å². The Bertz CT molecular complexity index is 394. The number of hydrogen-bond donors (Lipinski definition) is 2. The van der Waals surface area contributed by atoms with Crippen molar-refractivity contribution in [2.75, 3.05) is 92.4 Å². The van der Waals surface area contributed by atoms with Crippen LogP contribution in [0.25, 0.3) is 0 Å². The van der Waals surface area contributed by atoms with Gasteiger partial charge in [0.15, 0.2) is 0 Å². The first-order valence-electron chi connectivity index (χ1n) is 11.1. The first-order chi connectivity index (χ1) is 15.0. The highest BCUT2D eigenvalue weighted by Crippen LogP contribution is 2.06. The maximum absolute atomic E-state index is 11.4. The second kappa shape index (κ2) is 22.2. The van der Waals surface area contributed by atoms with E-state index in [1.54, 1.807) is 0 Å². The Balaban J connectivity index is 3.10. The van der Waals surface area contributed by atoms with Crippen LogP contribution in [0.4, 0.5) is 4.79 Å². The summed E-state index contributed by atoms with van der Waals surface area (Å²) < 4.78 is 37.5. The smallest absolute Gasteiger partial charge is 0.407 e. The standard InChI is InChI=1S/C21H44N2O8/c1-21(2,3)31-20(24)23-7-5-9-26-11-13-28-15-17-30-19-18-29-16-14-27-12-10-25-8-4-6-22/h4-19,22H2,1-3H3,(H,23,24). The van der Waals surface area contributed by atoms with Crippen molar-refractivity contribution in [3.05, 3.63) is 0 Å². The number of alkyl carbamates (subject to hydrolysis) is 1. The topological polar surface area (TPSA) is 120 Å². The van der Waals surface area contributed by atoms with Crippen LogP contribution in [0.3, 0.4) is 0 Å². The van der Waals surface area contributed by atoms with Gasteiger partial charge in [-0.1, -0.05) is 0 Å². The second-order valence-electron chi connectivity index (χ2n) is 7.60. The van der Waals surface area contributed by atoms with E-state index in [4.69, 9.17) is 38.9 Å². The molecule has 0 rings (SSSR count). The van der Waals surface area contributed by atoms with Crippen LogP contribution in [0.15, 0.2) is 0 Å². The van der Waals surface area contributed by atoms with E-state index in [0.717, 1.165) is 12.8 Å². The van der Waals surface area contributed by atoms with E-state index in [2.05, 4.69) is 5.32 Å². The molecule has 1 amide bonds. The monoisotopic (exact) mass is 452 g/mol. The Morgan fingerprint density at radius 2 is 1.00 bits per heavy atom. The third-order valence-corrected chi connectivity index (χ3v) is 3.49. The van der Waals surface area contributed by atoms with Crippen molar-refractivity contribution in [3.63, 3.8) is 0 Å². The lowest BCUT2D eigenvalue weighted by Crippen LogP contribution is -2.33. The number of rotatable bonds is 22. The second-order valence-corrected chi connectivity index (χ2v) is 7.60. The number of ether oxygens (including phenoxy) is 7. The van der Waals surface area contributed by atoms with Crippen LogP contribution in [0.5, 0.6) is 0 Å². The minimum Gasteiger partial charge on any atom is -0.444 e. The molecule has 3 N–H and O–H groups in total. The quantitative estimate of drug-likeness (QED) is 0.235. The number of nitrogens with one attached hydrogen (secondary N) is 1. The molecule has 0 spiro atoms. The van der Waals surface area contributed by atoms with Crippen molar-refractivity contribution in [1.82, 2.24) is 5.32 Å². The van der Waals surface area contributed by atoms with E-state index in [-0.39, 0.29) is 0 Å². The molecule has 0 saturated heterocycles. The van der Waals surface area contributed by atoms with Crippen LogP contribution < -0.4 is 11.1 Å². The predicted molar refractivity (Wildman–Crippen MR) is 117 cm³/mol. The van der Waals surface area contributed by atoms with Crippen LogP contribution in [-0.4, -0.2) is 104 Å². The largest absolute Gasteiger partial charge is 0.444 e. The van der Waals surface area contributed by atoms with Crippen LogP contribution in [0, 0.1) is 0 Å². The zero-order valence-corrected chi connectivity index (χ0v) is 19.7. The maximum Gasteiger partial charge on any atom is 0.407 e. The highest BCUT2D eigenvalue weighted by atomic mass is 16.6. The molecule has 0 saturated carbocycles. The molecule has 0 unspecified atom stereocenters. The van der Waals surface area contributed by atoms with Gasteiger partial charge in [-0.05, 0) is 40.2 Å². The normalized spacial score (nSPS) is 11.6. The fraction of sp³-hybridized carbons (Fsp3) is 0.952. The molecule has 0 aromatic rings. The van der Waals surface area contributed by atoms with Crippen LogP contribution >= 0.6 is 0 Å². The van der Waals surface area contributed by atoms with E-state index in [1.165, 1.54) is 0 Å². The van der Waals surface area contributed by atoms with E-state index >= 15 is 0 Å². The molecule has 10 nitrogen and oxygen atoms in total. The lowest BCUT2D eigenvalue weighted by Gasteiger charge is -2.19. The molecule has 0 aliphatic carbocycles. The first kappa shape index (κ1) is 30.0. The van der Waals surface area contributed by atoms with Crippen molar-refractivity contribution < 1.29 is 38.0 Å². The molecule has 0 atom stereocenters. The number of hydrogen-bond acceptors (Lipinski definition) is 9. The van der Waals surface area contributed by atoms with Gasteiger partial charge in [-0.25, -0.2) is 4.79 Å². The summed E-state index contributed by atoms with van der Waals surface area (Å²) in [4.78, 5) is 11.4. The SMILES string of the molecule is CC(C)(C)OC(=O)NCCCOCCOCCOCCOCCOCCOCCCN. The predicted octanol–water partition coefficient (Wildman–Crippen LogP) is 1.35. The highest BCUT2D eigenvalue weighted by molar-refractivity contribution is 5.67. The van der Waals surface area contributed by atoms with Crippen molar-refractivity contribution >= 4 is 6.09 Å². The zero-order valence-electron chi connectivity index (χ0n) is 19.7. The first-order valence-corrected chi connectivity index (χ1v) is 11.1. The van der Waals surface area contributed by atoms with Gasteiger partial charge in [0, 0.05) is 19.8 Å². The average Bonchev–Trinajstić information content (AvgIpc) is 2.70. The molecule has 31 heavy (non-hydrogen) atoms. The third kappa shape index (κ3) is 27.0. The molecule has 0 aliphatic heterocycles. The molecular weight excluding hydrogens is 408 g/mol. The minimum absolute atomic E-state index is 0.408. The van der Waals surface area contributed by atoms with Gasteiger partial charge in [0.2, 0.25) is 0 Å². The van der Waals surface area contributed by atoms with Crippen molar-refractivity contribution in [1.29, 1.82) is 0 Å². The third-order valence-electron chi connectivity index (χ3n) is 3.49. The zero-order chi connectivity index (χ0) is 23.0. The molecule has 0 aromatic carbocycles. The molecule has 0 fully saturated rings. The van der Waals surface area contributed by atoms with Gasteiger partial charge in [0.05, 0.1) is 66.1 Å². The Kier molecular flexibility index (Phi) is 21.5. The number of amides is 1. The lowest BCUT2D eigenvalue weighted by atomic mass is 10.2. The van der Waals surface area contributed by atoms with E-state index < -0.39 is 11.7 Å². The van der Waals surface area contributed by atoms with Crippen molar-refractivity contribution in [3.8, 4) is 0 Å². The summed E-state index contributed by atoms with van der Waals surface area (Å²) in [6.45, 7) is 13.2. The van der Waals surface area contributed by atoms with E-state index in [9.17, 15) is 4.79 Å². The van der Waals surface area contributed by atoms with Crippen molar-refractivity contribution in [2.45, 2.75) is 39.2 Å². The summed E-state index contributed by atoms with van der Waals surface area (Å²) in [5, 5.41) is 2.69.